The number of esters is 1. The molecule has 2 atom stereocenters. The Balaban J connectivity index is 2.00. The van der Waals surface area contributed by atoms with Crippen LogP contribution in [0.4, 0.5) is 0 Å². The number of ether oxygens (including phenoxy) is 2. The lowest BCUT2D eigenvalue weighted by Crippen LogP contribution is -2.36. The largest absolute Gasteiger partial charge is 0.461 e. The van der Waals surface area contributed by atoms with Gasteiger partial charge in [-0.1, -0.05) is 26.2 Å². The van der Waals surface area contributed by atoms with Gasteiger partial charge in [-0.2, -0.15) is 0 Å². The number of aliphatic hydroxyl groups excluding tert-OH is 1. The molecule has 0 aromatic heterocycles. The lowest BCUT2D eigenvalue weighted by molar-refractivity contribution is -0.150. The summed E-state index contributed by atoms with van der Waals surface area (Å²) in [5, 5.41) is 12.1. The highest BCUT2D eigenvalue weighted by molar-refractivity contribution is 5.88. The van der Waals surface area contributed by atoms with Gasteiger partial charge in [0.15, 0.2) is 0 Å². The minimum atomic E-state index is -0.817. The topological polar surface area (TPSA) is 84.9 Å². The second-order valence-electron chi connectivity index (χ2n) is 5.08. The van der Waals surface area contributed by atoms with Crippen LogP contribution < -0.4 is 5.32 Å². The Morgan fingerprint density at radius 3 is 2.85 bits per heavy atom. The second kappa shape index (κ2) is 9.72. The van der Waals surface area contributed by atoms with Gasteiger partial charge >= 0.3 is 5.97 Å². The monoisotopic (exact) mass is 287 g/mol. The number of unbranched alkanes of at least 4 members (excludes halogenated alkanes) is 3. The van der Waals surface area contributed by atoms with E-state index in [9.17, 15) is 14.7 Å². The van der Waals surface area contributed by atoms with Crippen molar-refractivity contribution in [3.8, 4) is 0 Å². The molecule has 0 spiro atoms. The highest BCUT2D eigenvalue weighted by Gasteiger charge is 2.28. The Hall–Kier alpha value is -1.14. The standard InChI is InChI=1S/C14H25NO5/c1-2-3-4-5-8-19-9-11(16)10-20-14(18)12-6-7-13(17)15-12/h11-12,16H,2-10H2,1H3,(H,15,17). The number of carbonyl (C=O) groups is 2. The first-order valence-corrected chi connectivity index (χ1v) is 7.35. The highest BCUT2D eigenvalue weighted by atomic mass is 16.5. The summed E-state index contributed by atoms with van der Waals surface area (Å²) in [5.41, 5.74) is 0. The number of carbonyl (C=O) groups excluding carboxylic acids is 2. The molecule has 0 aliphatic carbocycles. The van der Waals surface area contributed by atoms with Crippen LogP contribution in [0.1, 0.15) is 45.4 Å². The third-order valence-corrected chi connectivity index (χ3v) is 3.15. The molecule has 1 rings (SSSR count). The molecule has 0 bridgehead atoms. The number of amides is 1. The van der Waals surface area contributed by atoms with Crippen molar-refractivity contribution in [2.24, 2.45) is 0 Å². The molecule has 1 heterocycles. The van der Waals surface area contributed by atoms with Crippen molar-refractivity contribution in [3.05, 3.63) is 0 Å². The van der Waals surface area contributed by atoms with Gasteiger partial charge in [0, 0.05) is 13.0 Å². The van der Waals surface area contributed by atoms with Gasteiger partial charge in [-0.15, -0.1) is 0 Å². The first-order valence-electron chi connectivity index (χ1n) is 7.35. The fourth-order valence-electron chi connectivity index (χ4n) is 1.97. The predicted molar refractivity (Wildman–Crippen MR) is 73.1 cm³/mol. The van der Waals surface area contributed by atoms with E-state index in [0.29, 0.717) is 19.4 Å². The molecule has 0 aromatic carbocycles. The summed E-state index contributed by atoms with van der Waals surface area (Å²) in [5.74, 6) is -0.624. The Kier molecular flexibility index (Phi) is 8.22. The van der Waals surface area contributed by atoms with Crippen LogP contribution >= 0.6 is 0 Å². The summed E-state index contributed by atoms with van der Waals surface area (Å²) in [4.78, 5) is 22.5. The van der Waals surface area contributed by atoms with Crippen molar-refractivity contribution in [1.29, 1.82) is 0 Å². The third-order valence-electron chi connectivity index (χ3n) is 3.15. The third kappa shape index (κ3) is 6.86. The molecule has 6 nitrogen and oxygen atoms in total. The zero-order chi connectivity index (χ0) is 14.8. The molecule has 1 aliphatic heterocycles. The number of aliphatic hydroxyl groups is 1. The van der Waals surface area contributed by atoms with Crippen LogP contribution in [0.2, 0.25) is 0 Å². The van der Waals surface area contributed by atoms with Gasteiger partial charge < -0.3 is 19.9 Å². The molecular formula is C14H25NO5. The van der Waals surface area contributed by atoms with Crippen LogP contribution in [0.5, 0.6) is 0 Å². The smallest absolute Gasteiger partial charge is 0.328 e. The zero-order valence-corrected chi connectivity index (χ0v) is 12.1. The summed E-state index contributed by atoms with van der Waals surface area (Å²) < 4.78 is 10.3. The number of nitrogens with one attached hydrogen (secondary N) is 1. The lowest BCUT2D eigenvalue weighted by atomic mass is 10.2. The minimum Gasteiger partial charge on any atom is -0.461 e. The van der Waals surface area contributed by atoms with Gasteiger partial charge in [-0.05, 0) is 12.8 Å². The van der Waals surface area contributed by atoms with E-state index in [2.05, 4.69) is 12.2 Å². The molecule has 0 aromatic rings. The van der Waals surface area contributed by atoms with E-state index in [-0.39, 0.29) is 19.1 Å². The molecule has 2 unspecified atom stereocenters. The summed E-state index contributed by atoms with van der Waals surface area (Å²) in [7, 11) is 0. The van der Waals surface area contributed by atoms with E-state index in [4.69, 9.17) is 9.47 Å². The maximum Gasteiger partial charge on any atom is 0.328 e. The van der Waals surface area contributed by atoms with Crippen LogP contribution in [0.25, 0.3) is 0 Å². The average Bonchev–Trinajstić information content (AvgIpc) is 2.86. The minimum absolute atomic E-state index is 0.0971. The fraction of sp³-hybridized carbons (Fsp3) is 0.857. The van der Waals surface area contributed by atoms with Crippen LogP contribution in [-0.2, 0) is 19.1 Å². The molecule has 6 heteroatoms. The van der Waals surface area contributed by atoms with Gasteiger partial charge in [0.2, 0.25) is 5.91 Å². The summed E-state index contributed by atoms with van der Waals surface area (Å²) >= 11 is 0. The Labute approximate surface area is 119 Å². The molecule has 1 fully saturated rings. The number of rotatable bonds is 10. The van der Waals surface area contributed by atoms with Gasteiger partial charge in [-0.3, -0.25) is 4.79 Å². The van der Waals surface area contributed by atoms with Crippen molar-refractivity contribution < 1.29 is 24.2 Å². The van der Waals surface area contributed by atoms with Crippen molar-refractivity contribution in [2.75, 3.05) is 19.8 Å². The summed E-state index contributed by atoms with van der Waals surface area (Å²) in [6, 6.07) is -0.565. The van der Waals surface area contributed by atoms with Crippen LogP contribution in [0.3, 0.4) is 0 Å². The number of hydrogen-bond acceptors (Lipinski definition) is 5. The maximum absolute atomic E-state index is 11.6. The molecular weight excluding hydrogens is 262 g/mol. The quantitative estimate of drug-likeness (QED) is 0.458. The van der Waals surface area contributed by atoms with E-state index in [1.54, 1.807) is 0 Å². The summed E-state index contributed by atoms with van der Waals surface area (Å²) in [6.45, 7) is 2.83. The Morgan fingerprint density at radius 1 is 1.40 bits per heavy atom. The first-order chi connectivity index (χ1) is 9.63. The van der Waals surface area contributed by atoms with Gasteiger partial charge in [-0.25, -0.2) is 4.79 Å². The van der Waals surface area contributed by atoms with Gasteiger partial charge in [0.1, 0.15) is 18.8 Å². The molecule has 0 saturated carbocycles. The van der Waals surface area contributed by atoms with Crippen molar-refractivity contribution in [1.82, 2.24) is 5.32 Å². The molecule has 116 valence electrons. The summed E-state index contributed by atoms with van der Waals surface area (Å²) in [6.07, 6.45) is 4.47. The van der Waals surface area contributed by atoms with E-state index in [1.165, 1.54) is 12.8 Å². The van der Waals surface area contributed by atoms with E-state index in [0.717, 1.165) is 12.8 Å². The van der Waals surface area contributed by atoms with Crippen LogP contribution in [-0.4, -0.2) is 48.9 Å². The van der Waals surface area contributed by atoms with E-state index in [1.807, 2.05) is 0 Å². The Morgan fingerprint density at radius 2 is 2.20 bits per heavy atom. The second-order valence-corrected chi connectivity index (χ2v) is 5.08. The van der Waals surface area contributed by atoms with Crippen molar-refractivity contribution >= 4 is 11.9 Å². The van der Waals surface area contributed by atoms with Crippen molar-refractivity contribution in [3.63, 3.8) is 0 Å². The normalized spacial score (nSPS) is 19.7. The van der Waals surface area contributed by atoms with Crippen LogP contribution in [0.15, 0.2) is 0 Å². The molecule has 1 amide bonds. The first kappa shape index (κ1) is 16.9. The van der Waals surface area contributed by atoms with Crippen molar-refractivity contribution in [2.45, 2.75) is 57.6 Å². The predicted octanol–water partition coefficient (Wildman–Crippen LogP) is 0.766. The lowest BCUT2D eigenvalue weighted by Gasteiger charge is -2.14. The Bertz CT molecular complexity index is 308. The molecule has 20 heavy (non-hydrogen) atoms. The van der Waals surface area contributed by atoms with Gasteiger partial charge in [0.25, 0.3) is 0 Å². The van der Waals surface area contributed by atoms with E-state index >= 15 is 0 Å². The molecule has 1 saturated heterocycles. The molecule has 0 radical (unpaired) electrons. The molecule has 2 N–H and O–H groups in total. The molecule has 1 aliphatic rings. The maximum atomic E-state index is 11.6. The SMILES string of the molecule is CCCCCCOCC(O)COC(=O)C1CCC(=O)N1. The van der Waals surface area contributed by atoms with E-state index < -0.39 is 18.1 Å². The van der Waals surface area contributed by atoms with Gasteiger partial charge in [0.05, 0.1) is 6.61 Å². The highest BCUT2D eigenvalue weighted by Crippen LogP contribution is 2.08. The average molecular weight is 287 g/mol. The van der Waals surface area contributed by atoms with Crippen LogP contribution in [0, 0.1) is 0 Å². The zero-order valence-electron chi connectivity index (χ0n) is 12.1. The fourth-order valence-corrected chi connectivity index (χ4v) is 1.97. The number of hydrogen-bond donors (Lipinski definition) is 2.